The van der Waals surface area contributed by atoms with Crippen LogP contribution in [0.4, 0.5) is 5.69 Å². The number of nitrogens with zero attached hydrogens (tertiary/aromatic N) is 1. The number of carbonyl (C=O) groups is 2. The summed E-state index contributed by atoms with van der Waals surface area (Å²) in [5.74, 6) is -0.817. The summed E-state index contributed by atoms with van der Waals surface area (Å²) in [6.45, 7) is 6.54. The Morgan fingerprint density at radius 2 is 1.77 bits per heavy atom. The van der Waals surface area contributed by atoms with Gasteiger partial charge in [-0.15, -0.1) is 6.58 Å². The molecule has 31 heavy (non-hydrogen) atoms. The molecule has 0 saturated carbocycles. The van der Waals surface area contributed by atoms with Crippen molar-refractivity contribution < 1.29 is 18.0 Å². The average molecular weight is 442 g/mol. The van der Waals surface area contributed by atoms with Crippen LogP contribution in [-0.2, 0) is 31.9 Å². The number of aryl methyl sites for hydroxylation is 1. The fourth-order valence-corrected chi connectivity index (χ4v) is 4.50. The molecule has 8 heteroatoms. The topological polar surface area (TPSA) is 95.6 Å². The maximum atomic E-state index is 12.6. The molecule has 1 aliphatic heterocycles. The molecular formula is C23H27N3O4S. The highest BCUT2D eigenvalue weighted by atomic mass is 32.2. The van der Waals surface area contributed by atoms with Gasteiger partial charge in [0.1, 0.15) is 0 Å². The summed E-state index contributed by atoms with van der Waals surface area (Å²) in [7, 11) is -3.44. The van der Waals surface area contributed by atoms with E-state index in [2.05, 4.69) is 16.6 Å². The van der Waals surface area contributed by atoms with Crippen LogP contribution in [-0.4, -0.2) is 38.2 Å². The summed E-state index contributed by atoms with van der Waals surface area (Å²) in [5, 5.41) is 2.82. The zero-order valence-electron chi connectivity index (χ0n) is 17.5. The molecule has 3 rings (SSSR count). The lowest BCUT2D eigenvalue weighted by Gasteiger charge is -2.17. The van der Waals surface area contributed by atoms with Crippen LogP contribution < -0.4 is 10.0 Å². The maximum Gasteiger partial charge on any atom is 0.229 e. The highest BCUT2D eigenvalue weighted by Crippen LogP contribution is 2.22. The quantitative estimate of drug-likeness (QED) is 0.585. The third kappa shape index (κ3) is 6.50. The van der Waals surface area contributed by atoms with Gasteiger partial charge < -0.3 is 10.2 Å². The first-order chi connectivity index (χ1) is 14.8. The van der Waals surface area contributed by atoms with Crippen molar-refractivity contribution >= 4 is 27.5 Å². The van der Waals surface area contributed by atoms with Crippen LogP contribution in [0.1, 0.15) is 23.1 Å². The van der Waals surface area contributed by atoms with E-state index in [1.807, 2.05) is 31.2 Å². The van der Waals surface area contributed by atoms with Crippen molar-refractivity contribution in [1.82, 2.24) is 9.62 Å². The van der Waals surface area contributed by atoms with Crippen molar-refractivity contribution in [1.29, 1.82) is 0 Å². The molecule has 1 unspecified atom stereocenters. The van der Waals surface area contributed by atoms with E-state index in [4.69, 9.17) is 0 Å². The molecule has 2 aromatic rings. The van der Waals surface area contributed by atoms with Crippen molar-refractivity contribution in [2.75, 3.05) is 18.4 Å². The van der Waals surface area contributed by atoms with Crippen molar-refractivity contribution in [3.63, 3.8) is 0 Å². The highest BCUT2D eigenvalue weighted by molar-refractivity contribution is 7.88. The molecule has 0 radical (unpaired) electrons. The normalized spacial score (nSPS) is 16.4. The number of amides is 2. The van der Waals surface area contributed by atoms with E-state index in [1.54, 1.807) is 29.2 Å². The second kappa shape index (κ2) is 9.89. The van der Waals surface area contributed by atoms with E-state index in [1.165, 1.54) is 6.08 Å². The molecule has 7 nitrogen and oxygen atoms in total. The van der Waals surface area contributed by atoms with Gasteiger partial charge in [-0.1, -0.05) is 48.0 Å². The van der Waals surface area contributed by atoms with Gasteiger partial charge in [0, 0.05) is 31.7 Å². The summed E-state index contributed by atoms with van der Waals surface area (Å²) in [6, 6.07) is 14.6. The minimum atomic E-state index is -3.44. The Bertz CT molecular complexity index is 1050. The van der Waals surface area contributed by atoms with Crippen molar-refractivity contribution in [3.05, 3.63) is 77.9 Å². The summed E-state index contributed by atoms with van der Waals surface area (Å²) in [5.41, 5.74) is 3.36. The van der Waals surface area contributed by atoms with E-state index in [-0.39, 0.29) is 30.5 Å². The van der Waals surface area contributed by atoms with Gasteiger partial charge in [-0.3, -0.25) is 9.59 Å². The number of nitrogens with one attached hydrogen (secondary N) is 2. The van der Waals surface area contributed by atoms with E-state index in [9.17, 15) is 18.0 Å². The van der Waals surface area contributed by atoms with Gasteiger partial charge in [-0.05, 0) is 30.2 Å². The number of hydrogen-bond acceptors (Lipinski definition) is 4. The summed E-state index contributed by atoms with van der Waals surface area (Å²) in [6.07, 6.45) is 1.66. The predicted molar refractivity (Wildman–Crippen MR) is 121 cm³/mol. The number of hydrogen-bond donors (Lipinski definition) is 2. The molecule has 1 fully saturated rings. The molecule has 2 N–H and O–H groups in total. The number of sulfonamides is 1. The van der Waals surface area contributed by atoms with Crippen molar-refractivity contribution in [2.24, 2.45) is 5.92 Å². The van der Waals surface area contributed by atoms with Crippen LogP contribution in [0.3, 0.4) is 0 Å². The Hall–Kier alpha value is -2.97. The maximum absolute atomic E-state index is 12.6. The van der Waals surface area contributed by atoms with E-state index in [0.717, 1.165) is 11.1 Å². The standard InChI is InChI=1S/C23H27N3O4S/c1-3-12-24-31(29,30)16-19-8-10-21(11-9-19)25-23(28)20-13-22(27)26(15-20)14-18-6-4-17(2)5-7-18/h3-11,20,24H,1,12-16H2,2H3,(H,25,28). The summed E-state index contributed by atoms with van der Waals surface area (Å²) >= 11 is 0. The second-order valence-corrected chi connectivity index (χ2v) is 9.55. The molecular weight excluding hydrogens is 414 g/mol. The number of benzene rings is 2. The van der Waals surface area contributed by atoms with Gasteiger partial charge in [0.2, 0.25) is 21.8 Å². The number of rotatable bonds is 9. The third-order valence-corrected chi connectivity index (χ3v) is 6.42. The first-order valence-electron chi connectivity index (χ1n) is 10.1. The van der Waals surface area contributed by atoms with Gasteiger partial charge in [0.15, 0.2) is 0 Å². The lowest BCUT2D eigenvalue weighted by molar-refractivity contribution is -0.128. The van der Waals surface area contributed by atoms with Crippen LogP contribution >= 0.6 is 0 Å². The Kier molecular flexibility index (Phi) is 7.25. The Morgan fingerprint density at radius 3 is 2.42 bits per heavy atom. The van der Waals surface area contributed by atoms with E-state index < -0.39 is 15.9 Å². The first kappa shape index (κ1) is 22.7. The van der Waals surface area contributed by atoms with Crippen molar-refractivity contribution in [2.45, 2.75) is 25.6 Å². The smallest absolute Gasteiger partial charge is 0.229 e. The molecule has 0 aromatic heterocycles. The monoisotopic (exact) mass is 441 g/mol. The lowest BCUT2D eigenvalue weighted by atomic mass is 10.1. The molecule has 2 aromatic carbocycles. The molecule has 1 heterocycles. The number of likely N-dealkylation sites (tertiary alicyclic amines) is 1. The minimum Gasteiger partial charge on any atom is -0.338 e. The van der Waals surface area contributed by atoms with Crippen LogP contribution in [0, 0.1) is 12.8 Å². The van der Waals surface area contributed by atoms with Gasteiger partial charge in [0.25, 0.3) is 0 Å². The van der Waals surface area contributed by atoms with Crippen LogP contribution in [0.15, 0.2) is 61.2 Å². The SMILES string of the molecule is C=CCNS(=O)(=O)Cc1ccc(NC(=O)C2CC(=O)N(Cc3ccc(C)cc3)C2)cc1. The Morgan fingerprint density at radius 1 is 1.13 bits per heavy atom. The van der Waals surface area contributed by atoms with E-state index >= 15 is 0 Å². The molecule has 1 saturated heterocycles. The van der Waals surface area contributed by atoms with Crippen LogP contribution in [0.25, 0.3) is 0 Å². The molecule has 0 spiro atoms. The lowest BCUT2D eigenvalue weighted by Crippen LogP contribution is -2.28. The van der Waals surface area contributed by atoms with Gasteiger partial charge in [0.05, 0.1) is 11.7 Å². The molecule has 1 atom stereocenters. The largest absolute Gasteiger partial charge is 0.338 e. The Balaban J connectivity index is 1.54. The minimum absolute atomic E-state index is 0.0340. The zero-order valence-corrected chi connectivity index (χ0v) is 18.3. The predicted octanol–water partition coefficient (Wildman–Crippen LogP) is 2.59. The third-order valence-electron chi connectivity index (χ3n) is 5.11. The molecule has 164 valence electrons. The molecule has 2 amide bonds. The van der Waals surface area contributed by atoms with E-state index in [0.29, 0.717) is 24.3 Å². The second-order valence-electron chi connectivity index (χ2n) is 7.74. The number of carbonyl (C=O) groups excluding carboxylic acids is 2. The highest BCUT2D eigenvalue weighted by Gasteiger charge is 2.34. The molecule has 0 bridgehead atoms. The summed E-state index contributed by atoms with van der Waals surface area (Å²) < 4.78 is 26.3. The number of anilines is 1. The van der Waals surface area contributed by atoms with Gasteiger partial charge >= 0.3 is 0 Å². The first-order valence-corrected chi connectivity index (χ1v) is 11.7. The zero-order chi connectivity index (χ0) is 22.4. The summed E-state index contributed by atoms with van der Waals surface area (Å²) in [4.78, 5) is 26.7. The fraction of sp³-hybridized carbons (Fsp3) is 0.304. The van der Waals surface area contributed by atoms with Crippen LogP contribution in [0.2, 0.25) is 0 Å². The van der Waals surface area contributed by atoms with Gasteiger partial charge in [-0.25, -0.2) is 13.1 Å². The Labute approximate surface area is 183 Å². The fourth-order valence-electron chi connectivity index (χ4n) is 3.40. The molecule has 0 aliphatic carbocycles. The average Bonchev–Trinajstić information content (AvgIpc) is 3.10. The van der Waals surface area contributed by atoms with Gasteiger partial charge in [-0.2, -0.15) is 0 Å². The van der Waals surface area contributed by atoms with Crippen molar-refractivity contribution in [3.8, 4) is 0 Å². The molecule has 1 aliphatic rings. The van der Waals surface area contributed by atoms with Crippen LogP contribution in [0.5, 0.6) is 0 Å².